The standard InChI is InChI=1S/C17H21N3O2S/c1-3-5-10-18-15(21)12-23-17-19-14-9-7-6-8-13(14)16(22)20(17)11-4-2/h4,6-9H,2-3,5,10-12H2,1H3,(H,18,21). The largest absolute Gasteiger partial charge is 0.355 e. The molecule has 0 saturated carbocycles. The highest BCUT2D eigenvalue weighted by Crippen LogP contribution is 2.17. The van der Waals surface area contributed by atoms with Gasteiger partial charge in [-0.2, -0.15) is 0 Å². The van der Waals surface area contributed by atoms with Crippen LogP contribution in [0.15, 0.2) is 46.9 Å². The molecule has 5 nitrogen and oxygen atoms in total. The summed E-state index contributed by atoms with van der Waals surface area (Å²) >= 11 is 1.27. The molecular formula is C17H21N3O2S. The minimum atomic E-state index is -0.107. The van der Waals surface area contributed by atoms with E-state index in [-0.39, 0.29) is 17.2 Å². The van der Waals surface area contributed by atoms with E-state index in [0.29, 0.717) is 29.1 Å². The average molecular weight is 331 g/mol. The number of allylic oxidation sites excluding steroid dienone is 1. The molecule has 0 saturated heterocycles. The van der Waals surface area contributed by atoms with Gasteiger partial charge in [0.2, 0.25) is 5.91 Å². The number of amides is 1. The number of para-hydroxylation sites is 1. The molecule has 1 aromatic heterocycles. The molecule has 0 aliphatic carbocycles. The maximum Gasteiger partial charge on any atom is 0.262 e. The summed E-state index contributed by atoms with van der Waals surface area (Å²) in [6, 6.07) is 7.23. The fourth-order valence-electron chi connectivity index (χ4n) is 2.13. The molecule has 0 atom stereocenters. The number of nitrogens with one attached hydrogen (secondary N) is 1. The molecule has 2 rings (SSSR count). The zero-order valence-electron chi connectivity index (χ0n) is 13.2. The number of benzene rings is 1. The topological polar surface area (TPSA) is 64.0 Å². The Balaban J connectivity index is 2.21. The van der Waals surface area contributed by atoms with E-state index >= 15 is 0 Å². The number of fused-ring (bicyclic) bond motifs is 1. The molecule has 2 aromatic rings. The predicted octanol–water partition coefficient (Wildman–Crippen LogP) is 2.59. The van der Waals surface area contributed by atoms with Crippen LogP contribution in [0.25, 0.3) is 10.9 Å². The first-order valence-corrected chi connectivity index (χ1v) is 8.66. The second-order valence-corrected chi connectivity index (χ2v) is 6.05. The molecule has 0 unspecified atom stereocenters. The van der Waals surface area contributed by atoms with E-state index in [1.165, 1.54) is 11.8 Å². The number of rotatable bonds is 8. The fourth-order valence-corrected chi connectivity index (χ4v) is 2.97. The van der Waals surface area contributed by atoms with E-state index < -0.39 is 0 Å². The van der Waals surface area contributed by atoms with Crippen molar-refractivity contribution in [2.24, 2.45) is 0 Å². The number of unbranched alkanes of at least 4 members (excludes halogenated alkanes) is 1. The van der Waals surface area contributed by atoms with Crippen molar-refractivity contribution in [2.45, 2.75) is 31.5 Å². The van der Waals surface area contributed by atoms with Crippen LogP contribution < -0.4 is 10.9 Å². The molecule has 1 aromatic carbocycles. The van der Waals surface area contributed by atoms with Crippen molar-refractivity contribution in [3.8, 4) is 0 Å². The molecule has 1 N–H and O–H groups in total. The summed E-state index contributed by atoms with van der Waals surface area (Å²) in [7, 11) is 0. The molecule has 122 valence electrons. The molecule has 23 heavy (non-hydrogen) atoms. The van der Waals surface area contributed by atoms with Gasteiger partial charge in [-0.3, -0.25) is 14.2 Å². The van der Waals surface area contributed by atoms with Gasteiger partial charge in [0.1, 0.15) is 0 Å². The smallest absolute Gasteiger partial charge is 0.262 e. The van der Waals surface area contributed by atoms with Crippen molar-refractivity contribution in [3.05, 3.63) is 47.3 Å². The second kappa shape index (κ2) is 8.53. The monoisotopic (exact) mass is 331 g/mol. The van der Waals surface area contributed by atoms with Crippen LogP contribution in [0.5, 0.6) is 0 Å². The van der Waals surface area contributed by atoms with Gasteiger partial charge in [-0.1, -0.05) is 43.3 Å². The third-order valence-corrected chi connectivity index (χ3v) is 4.30. The number of aromatic nitrogens is 2. The Morgan fingerprint density at radius 3 is 2.96 bits per heavy atom. The van der Waals surface area contributed by atoms with Crippen LogP contribution in [-0.2, 0) is 11.3 Å². The molecular weight excluding hydrogens is 310 g/mol. The van der Waals surface area contributed by atoms with Gasteiger partial charge in [0.25, 0.3) is 5.56 Å². The summed E-state index contributed by atoms with van der Waals surface area (Å²) in [5.74, 6) is 0.196. The average Bonchev–Trinajstić information content (AvgIpc) is 2.56. The Kier molecular flexibility index (Phi) is 6.40. The molecule has 0 aliphatic heterocycles. The Hall–Kier alpha value is -2.08. The second-order valence-electron chi connectivity index (χ2n) is 5.11. The van der Waals surface area contributed by atoms with Crippen LogP contribution >= 0.6 is 11.8 Å². The highest BCUT2D eigenvalue weighted by Gasteiger charge is 2.12. The zero-order valence-corrected chi connectivity index (χ0v) is 14.1. The van der Waals surface area contributed by atoms with Crippen LogP contribution in [0.2, 0.25) is 0 Å². The summed E-state index contributed by atoms with van der Waals surface area (Å²) in [6.45, 7) is 6.82. The van der Waals surface area contributed by atoms with E-state index in [1.807, 2.05) is 12.1 Å². The lowest BCUT2D eigenvalue weighted by atomic mass is 10.2. The molecule has 1 heterocycles. The van der Waals surface area contributed by atoms with E-state index in [4.69, 9.17) is 0 Å². The van der Waals surface area contributed by atoms with Gasteiger partial charge in [-0.15, -0.1) is 6.58 Å². The van der Waals surface area contributed by atoms with E-state index in [0.717, 1.165) is 12.8 Å². The minimum absolute atomic E-state index is 0.0454. The maximum atomic E-state index is 12.6. The number of carbonyl (C=O) groups is 1. The third kappa shape index (κ3) is 4.45. The van der Waals surface area contributed by atoms with Crippen molar-refractivity contribution < 1.29 is 4.79 Å². The van der Waals surface area contributed by atoms with Gasteiger partial charge < -0.3 is 5.32 Å². The quantitative estimate of drug-likeness (QED) is 0.349. The summed E-state index contributed by atoms with van der Waals surface area (Å²) in [6.07, 6.45) is 3.66. The first-order chi connectivity index (χ1) is 11.2. The minimum Gasteiger partial charge on any atom is -0.355 e. The number of hydrogen-bond acceptors (Lipinski definition) is 4. The SMILES string of the molecule is C=CCn1c(SCC(=O)NCCCC)nc2ccccc2c1=O. The van der Waals surface area contributed by atoms with Crippen LogP contribution in [0.1, 0.15) is 19.8 Å². The molecule has 1 amide bonds. The molecule has 0 radical (unpaired) electrons. The lowest BCUT2D eigenvalue weighted by molar-refractivity contribution is -0.118. The van der Waals surface area contributed by atoms with Crippen molar-refractivity contribution in [2.75, 3.05) is 12.3 Å². The maximum absolute atomic E-state index is 12.6. The number of carbonyl (C=O) groups excluding carboxylic acids is 1. The Morgan fingerprint density at radius 2 is 2.22 bits per heavy atom. The van der Waals surface area contributed by atoms with Gasteiger partial charge in [0.15, 0.2) is 5.16 Å². The van der Waals surface area contributed by atoms with Crippen LogP contribution in [0.3, 0.4) is 0 Å². The molecule has 0 aliphatic rings. The van der Waals surface area contributed by atoms with Gasteiger partial charge in [-0.05, 0) is 18.6 Å². The van der Waals surface area contributed by atoms with Crippen LogP contribution in [-0.4, -0.2) is 27.8 Å². The van der Waals surface area contributed by atoms with Gasteiger partial charge in [0.05, 0.1) is 16.7 Å². The Bertz CT molecular complexity index is 755. The molecule has 0 bridgehead atoms. The van der Waals surface area contributed by atoms with Gasteiger partial charge in [-0.25, -0.2) is 4.98 Å². The van der Waals surface area contributed by atoms with E-state index in [2.05, 4.69) is 23.8 Å². The number of hydrogen-bond donors (Lipinski definition) is 1. The molecule has 0 spiro atoms. The van der Waals surface area contributed by atoms with E-state index in [1.54, 1.807) is 22.8 Å². The van der Waals surface area contributed by atoms with E-state index in [9.17, 15) is 9.59 Å². The normalized spacial score (nSPS) is 10.7. The van der Waals surface area contributed by atoms with Crippen molar-refractivity contribution in [1.29, 1.82) is 0 Å². The lowest BCUT2D eigenvalue weighted by Crippen LogP contribution is -2.27. The highest BCUT2D eigenvalue weighted by molar-refractivity contribution is 7.99. The van der Waals surface area contributed by atoms with Gasteiger partial charge >= 0.3 is 0 Å². The van der Waals surface area contributed by atoms with Crippen molar-refractivity contribution in [3.63, 3.8) is 0 Å². The first-order valence-electron chi connectivity index (χ1n) is 7.67. The number of thioether (sulfide) groups is 1. The molecule has 6 heteroatoms. The fraction of sp³-hybridized carbons (Fsp3) is 0.353. The third-order valence-electron chi connectivity index (χ3n) is 3.32. The summed E-state index contributed by atoms with van der Waals surface area (Å²) in [5, 5.41) is 3.98. The summed E-state index contributed by atoms with van der Waals surface area (Å²) in [5.41, 5.74) is 0.538. The number of nitrogens with zero attached hydrogens (tertiary/aromatic N) is 2. The first kappa shape index (κ1) is 17.3. The van der Waals surface area contributed by atoms with Crippen LogP contribution in [0.4, 0.5) is 0 Å². The Morgan fingerprint density at radius 1 is 1.43 bits per heavy atom. The van der Waals surface area contributed by atoms with Crippen molar-refractivity contribution in [1.82, 2.24) is 14.9 Å². The summed E-state index contributed by atoms with van der Waals surface area (Å²) < 4.78 is 1.55. The Labute approximate surface area is 139 Å². The highest BCUT2D eigenvalue weighted by atomic mass is 32.2. The van der Waals surface area contributed by atoms with Crippen LogP contribution in [0, 0.1) is 0 Å². The van der Waals surface area contributed by atoms with Crippen molar-refractivity contribution >= 4 is 28.6 Å². The predicted molar refractivity (Wildman–Crippen MR) is 94.8 cm³/mol. The molecule has 0 fully saturated rings. The lowest BCUT2D eigenvalue weighted by Gasteiger charge is -2.11. The zero-order chi connectivity index (χ0) is 16.7. The van der Waals surface area contributed by atoms with Gasteiger partial charge in [0, 0.05) is 13.1 Å². The summed E-state index contributed by atoms with van der Waals surface area (Å²) in [4.78, 5) is 28.9.